The predicted molar refractivity (Wildman–Crippen MR) is 80.5 cm³/mol. The van der Waals surface area contributed by atoms with Crippen molar-refractivity contribution in [2.24, 2.45) is 11.8 Å². The van der Waals surface area contributed by atoms with E-state index >= 15 is 0 Å². The van der Waals surface area contributed by atoms with E-state index in [2.05, 4.69) is 41.4 Å². The lowest BCUT2D eigenvalue weighted by Gasteiger charge is -2.32. The molecule has 4 nitrogen and oxygen atoms in total. The summed E-state index contributed by atoms with van der Waals surface area (Å²) in [6, 6.07) is 2.58. The molecule has 1 aromatic heterocycles. The molecule has 1 aliphatic rings. The summed E-state index contributed by atoms with van der Waals surface area (Å²) in [4.78, 5) is 8.91. The summed E-state index contributed by atoms with van der Waals surface area (Å²) in [5, 5.41) is 6.76. The van der Waals surface area contributed by atoms with Crippen LogP contribution in [0.3, 0.4) is 0 Å². The number of nitrogens with one attached hydrogen (secondary N) is 2. The average molecular weight is 262 g/mol. The molecule has 3 unspecified atom stereocenters. The van der Waals surface area contributed by atoms with Gasteiger partial charge in [-0.15, -0.1) is 0 Å². The maximum atomic E-state index is 4.53. The molecule has 0 amide bonds. The maximum Gasteiger partial charge on any atom is 0.224 e. The molecule has 0 spiro atoms. The van der Waals surface area contributed by atoms with Gasteiger partial charge in [-0.1, -0.05) is 13.8 Å². The molecule has 4 heteroatoms. The van der Waals surface area contributed by atoms with Gasteiger partial charge in [-0.2, -0.15) is 4.98 Å². The van der Waals surface area contributed by atoms with Crippen LogP contribution in [0, 0.1) is 18.8 Å². The van der Waals surface area contributed by atoms with Gasteiger partial charge in [-0.05, 0) is 44.9 Å². The minimum atomic E-state index is 0.551. The highest BCUT2D eigenvalue weighted by atomic mass is 15.1. The summed E-state index contributed by atoms with van der Waals surface area (Å²) in [6.07, 6.45) is 3.79. The molecule has 1 heterocycles. The molecule has 1 aromatic rings. The monoisotopic (exact) mass is 262 g/mol. The van der Waals surface area contributed by atoms with Crippen molar-refractivity contribution in [3.63, 3.8) is 0 Å². The van der Waals surface area contributed by atoms with Crippen molar-refractivity contribution in [1.82, 2.24) is 9.97 Å². The Bertz CT molecular complexity index is 419. The van der Waals surface area contributed by atoms with Gasteiger partial charge in [0.25, 0.3) is 0 Å². The zero-order chi connectivity index (χ0) is 13.8. The number of aromatic nitrogens is 2. The molecule has 1 fully saturated rings. The van der Waals surface area contributed by atoms with Crippen molar-refractivity contribution < 1.29 is 0 Å². The Morgan fingerprint density at radius 1 is 1.21 bits per heavy atom. The third-order valence-electron chi connectivity index (χ3n) is 4.14. The van der Waals surface area contributed by atoms with Gasteiger partial charge in [0.15, 0.2) is 0 Å². The number of nitrogens with zero attached hydrogens (tertiary/aromatic N) is 2. The van der Waals surface area contributed by atoms with E-state index in [-0.39, 0.29) is 0 Å². The standard InChI is InChI=1S/C15H26N4/c1-5-16-15-17-12(4)9-14(19-15)18-13-7-6-10(2)11(3)8-13/h9-11,13H,5-8H2,1-4H3,(H2,16,17,18,19). The minimum Gasteiger partial charge on any atom is -0.367 e. The fourth-order valence-corrected chi connectivity index (χ4v) is 2.77. The molecule has 0 aliphatic heterocycles. The van der Waals surface area contributed by atoms with Gasteiger partial charge in [-0.25, -0.2) is 4.98 Å². The van der Waals surface area contributed by atoms with Crippen LogP contribution in [0.4, 0.5) is 11.8 Å². The van der Waals surface area contributed by atoms with Crippen LogP contribution < -0.4 is 10.6 Å². The van der Waals surface area contributed by atoms with Crippen molar-refractivity contribution in [3.8, 4) is 0 Å². The summed E-state index contributed by atoms with van der Waals surface area (Å²) < 4.78 is 0. The molecule has 2 N–H and O–H groups in total. The van der Waals surface area contributed by atoms with Crippen LogP contribution in [-0.4, -0.2) is 22.6 Å². The van der Waals surface area contributed by atoms with Crippen LogP contribution in [0.2, 0.25) is 0 Å². The molecular weight excluding hydrogens is 236 g/mol. The Balaban J connectivity index is 2.02. The summed E-state index contributed by atoms with van der Waals surface area (Å²) in [6.45, 7) is 9.63. The summed E-state index contributed by atoms with van der Waals surface area (Å²) in [5.41, 5.74) is 1.01. The number of aryl methyl sites for hydroxylation is 1. The van der Waals surface area contributed by atoms with Crippen molar-refractivity contribution in [1.29, 1.82) is 0 Å². The number of hydrogen-bond acceptors (Lipinski definition) is 4. The van der Waals surface area contributed by atoms with E-state index in [1.54, 1.807) is 0 Å². The Morgan fingerprint density at radius 3 is 2.68 bits per heavy atom. The van der Waals surface area contributed by atoms with E-state index in [1.807, 2.05) is 13.0 Å². The summed E-state index contributed by atoms with van der Waals surface area (Å²) in [7, 11) is 0. The van der Waals surface area contributed by atoms with Crippen molar-refractivity contribution in [2.75, 3.05) is 17.2 Å². The molecule has 0 radical (unpaired) electrons. The van der Waals surface area contributed by atoms with Crippen LogP contribution in [0.15, 0.2) is 6.07 Å². The number of anilines is 2. The van der Waals surface area contributed by atoms with Gasteiger partial charge in [0.1, 0.15) is 5.82 Å². The van der Waals surface area contributed by atoms with Gasteiger partial charge < -0.3 is 10.6 Å². The molecule has 2 rings (SSSR count). The second-order valence-corrected chi connectivity index (χ2v) is 5.86. The van der Waals surface area contributed by atoms with E-state index in [4.69, 9.17) is 0 Å². The van der Waals surface area contributed by atoms with Crippen LogP contribution in [0.25, 0.3) is 0 Å². The quantitative estimate of drug-likeness (QED) is 0.872. The van der Waals surface area contributed by atoms with Crippen molar-refractivity contribution in [2.45, 2.75) is 53.0 Å². The van der Waals surface area contributed by atoms with E-state index in [9.17, 15) is 0 Å². The smallest absolute Gasteiger partial charge is 0.224 e. The van der Waals surface area contributed by atoms with Crippen LogP contribution in [0.5, 0.6) is 0 Å². The van der Waals surface area contributed by atoms with Gasteiger partial charge in [0.05, 0.1) is 0 Å². The van der Waals surface area contributed by atoms with Crippen LogP contribution >= 0.6 is 0 Å². The molecule has 0 bridgehead atoms. The third kappa shape index (κ3) is 3.82. The highest BCUT2D eigenvalue weighted by Crippen LogP contribution is 2.30. The fourth-order valence-electron chi connectivity index (χ4n) is 2.77. The maximum absolute atomic E-state index is 4.53. The SMILES string of the molecule is CCNc1nc(C)cc(NC2CCC(C)C(C)C2)n1. The topological polar surface area (TPSA) is 49.8 Å². The second-order valence-electron chi connectivity index (χ2n) is 5.86. The van der Waals surface area contributed by atoms with Gasteiger partial charge in [0.2, 0.25) is 5.95 Å². The summed E-state index contributed by atoms with van der Waals surface area (Å²) in [5.74, 6) is 3.32. The summed E-state index contributed by atoms with van der Waals surface area (Å²) >= 11 is 0. The Morgan fingerprint density at radius 2 is 2.00 bits per heavy atom. The Labute approximate surface area is 116 Å². The van der Waals surface area contributed by atoms with Crippen molar-refractivity contribution >= 4 is 11.8 Å². The Hall–Kier alpha value is -1.32. The minimum absolute atomic E-state index is 0.551. The highest BCUT2D eigenvalue weighted by molar-refractivity contribution is 5.42. The number of rotatable bonds is 4. The first kappa shape index (κ1) is 14.1. The fraction of sp³-hybridized carbons (Fsp3) is 0.733. The second kappa shape index (κ2) is 6.22. The predicted octanol–water partition coefficient (Wildman–Crippen LogP) is 3.45. The lowest BCUT2D eigenvalue weighted by Crippen LogP contribution is -2.30. The first-order chi connectivity index (χ1) is 9.08. The molecule has 3 atom stereocenters. The van der Waals surface area contributed by atoms with Gasteiger partial charge in [-0.3, -0.25) is 0 Å². The first-order valence-corrected chi connectivity index (χ1v) is 7.44. The van der Waals surface area contributed by atoms with Crippen LogP contribution in [0.1, 0.15) is 45.7 Å². The Kier molecular flexibility index (Phi) is 4.61. The molecule has 1 aliphatic carbocycles. The van der Waals surface area contributed by atoms with Crippen LogP contribution in [-0.2, 0) is 0 Å². The largest absolute Gasteiger partial charge is 0.367 e. The lowest BCUT2D eigenvalue weighted by atomic mass is 9.79. The molecule has 106 valence electrons. The van der Waals surface area contributed by atoms with E-state index in [0.717, 1.165) is 35.8 Å². The third-order valence-corrected chi connectivity index (χ3v) is 4.14. The molecular formula is C15H26N4. The zero-order valence-corrected chi connectivity index (χ0v) is 12.5. The molecule has 0 aromatic carbocycles. The van der Waals surface area contributed by atoms with E-state index in [0.29, 0.717) is 6.04 Å². The molecule has 1 saturated carbocycles. The van der Waals surface area contributed by atoms with Crippen molar-refractivity contribution in [3.05, 3.63) is 11.8 Å². The lowest BCUT2D eigenvalue weighted by molar-refractivity contribution is 0.260. The average Bonchev–Trinajstić information content (AvgIpc) is 2.33. The normalized spacial score (nSPS) is 27.1. The molecule has 19 heavy (non-hydrogen) atoms. The van der Waals surface area contributed by atoms with Gasteiger partial charge >= 0.3 is 0 Å². The first-order valence-electron chi connectivity index (χ1n) is 7.44. The zero-order valence-electron chi connectivity index (χ0n) is 12.5. The van der Waals surface area contributed by atoms with E-state index in [1.165, 1.54) is 19.3 Å². The molecule has 0 saturated heterocycles. The van der Waals surface area contributed by atoms with Gasteiger partial charge in [0, 0.05) is 24.3 Å². The number of hydrogen-bond donors (Lipinski definition) is 2. The van der Waals surface area contributed by atoms with E-state index < -0.39 is 0 Å². The highest BCUT2D eigenvalue weighted by Gasteiger charge is 2.24.